The highest BCUT2D eigenvalue weighted by molar-refractivity contribution is 6.14. The van der Waals surface area contributed by atoms with Crippen molar-refractivity contribution in [2.45, 2.75) is 13.0 Å². The van der Waals surface area contributed by atoms with Crippen LogP contribution in [0, 0.1) is 0 Å². The summed E-state index contributed by atoms with van der Waals surface area (Å²) in [6.07, 6.45) is 1.97. The smallest absolute Gasteiger partial charge is 0.412 e. The van der Waals surface area contributed by atoms with Crippen molar-refractivity contribution in [3.05, 3.63) is 77.0 Å². The van der Waals surface area contributed by atoms with E-state index in [1.54, 1.807) is 42.5 Å². The highest BCUT2D eigenvalue weighted by Gasteiger charge is 2.28. The maximum atomic E-state index is 13.0. The number of ether oxygens (including phenoxy) is 6. The van der Waals surface area contributed by atoms with Crippen molar-refractivity contribution in [2.75, 3.05) is 48.6 Å². The average molecular weight is 564 g/mol. The number of hydrogen-bond acceptors (Lipinski definition) is 8. The normalized spacial score (nSPS) is 13.7. The molecule has 1 heterocycles. The molecule has 1 aliphatic rings. The molecule has 4 rings (SSSR count). The van der Waals surface area contributed by atoms with E-state index in [-0.39, 0.29) is 11.5 Å². The molecule has 0 spiro atoms. The van der Waals surface area contributed by atoms with Crippen molar-refractivity contribution in [1.29, 1.82) is 0 Å². The fourth-order valence-corrected chi connectivity index (χ4v) is 4.47. The van der Waals surface area contributed by atoms with Gasteiger partial charge in [-0.25, -0.2) is 4.79 Å². The summed E-state index contributed by atoms with van der Waals surface area (Å²) in [5.74, 6) is 3.00. The molecule has 0 radical (unpaired) electrons. The molecular formula is C31H35N2O8+. The lowest BCUT2D eigenvalue weighted by atomic mass is 10.1. The van der Waals surface area contributed by atoms with E-state index in [2.05, 4.69) is 12.4 Å². The molecule has 1 amide bonds. The first-order chi connectivity index (χ1) is 19.8. The number of fused-ring (bicyclic) bond motifs is 1. The summed E-state index contributed by atoms with van der Waals surface area (Å²) >= 11 is 0. The Kier molecular flexibility index (Phi) is 9.70. The zero-order valence-corrected chi connectivity index (χ0v) is 23.9. The SMILES string of the molecule is CNC(=O)Oc1cccc(C[NH+](C)CCCOc2ccc3c(c2)OC(=Cc2cc(OC)c(OC)c(OC)c2)C3=O)c1. The van der Waals surface area contributed by atoms with Crippen LogP contribution in [0.2, 0.25) is 0 Å². The molecule has 216 valence electrons. The second-order valence-corrected chi connectivity index (χ2v) is 9.43. The van der Waals surface area contributed by atoms with Crippen LogP contribution in [0.5, 0.6) is 34.5 Å². The molecular weight excluding hydrogens is 528 g/mol. The summed E-state index contributed by atoms with van der Waals surface area (Å²) in [5, 5.41) is 2.44. The van der Waals surface area contributed by atoms with Crippen LogP contribution < -0.4 is 38.6 Å². The molecule has 1 atom stereocenters. The van der Waals surface area contributed by atoms with Crippen molar-refractivity contribution in [2.24, 2.45) is 0 Å². The first-order valence-corrected chi connectivity index (χ1v) is 13.2. The lowest BCUT2D eigenvalue weighted by Gasteiger charge is -2.15. The number of ketones is 1. The lowest BCUT2D eigenvalue weighted by Crippen LogP contribution is -3.07. The summed E-state index contributed by atoms with van der Waals surface area (Å²) in [6, 6.07) is 16.2. The van der Waals surface area contributed by atoms with Gasteiger partial charge in [0.2, 0.25) is 11.5 Å². The summed E-state index contributed by atoms with van der Waals surface area (Å²) in [4.78, 5) is 25.7. The second kappa shape index (κ2) is 13.6. The van der Waals surface area contributed by atoms with Crippen molar-refractivity contribution < 1.29 is 42.9 Å². The number of methoxy groups -OCH3 is 3. The summed E-state index contributed by atoms with van der Waals surface area (Å²) in [5.41, 5.74) is 2.22. The van der Waals surface area contributed by atoms with E-state index in [1.165, 1.54) is 33.3 Å². The number of hydrogen-bond donors (Lipinski definition) is 2. The molecule has 41 heavy (non-hydrogen) atoms. The van der Waals surface area contributed by atoms with Crippen LogP contribution in [0.1, 0.15) is 27.9 Å². The van der Waals surface area contributed by atoms with Gasteiger partial charge in [0.15, 0.2) is 17.3 Å². The molecule has 0 saturated heterocycles. The number of benzene rings is 3. The van der Waals surface area contributed by atoms with Crippen molar-refractivity contribution in [1.82, 2.24) is 5.32 Å². The third-order valence-corrected chi connectivity index (χ3v) is 6.46. The summed E-state index contributed by atoms with van der Waals surface area (Å²) in [7, 11) is 8.23. The van der Waals surface area contributed by atoms with Gasteiger partial charge in [-0.2, -0.15) is 0 Å². The van der Waals surface area contributed by atoms with E-state index >= 15 is 0 Å². The van der Waals surface area contributed by atoms with E-state index in [1.807, 2.05) is 18.2 Å². The van der Waals surface area contributed by atoms with Crippen molar-refractivity contribution in [3.8, 4) is 34.5 Å². The minimum absolute atomic E-state index is 0.196. The maximum absolute atomic E-state index is 13.0. The van der Waals surface area contributed by atoms with E-state index in [9.17, 15) is 9.59 Å². The summed E-state index contributed by atoms with van der Waals surface area (Å²) in [6.45, 7) is 2.17. The predicted octanol–water partition coefficient (Wildman–Crippen LogP) is 3.53. The number of Topliss-reactive ketones (excluding diaryl/α,β-unsaturated/α-hetero) is 1. The molecule has 0 fully saturated rings. The minimum Gasteiger partial charge on any atom is -0.493 e. The van der Waals surface area contributed by atoms with Crippen LogP contribution >= 0.6 is 0 Å². The number of amides is 1. The van der Waals surface area contributed by atoms with Gasteiger partial charge < -0.3 is 38.6 Å². The first kappa shape index (κ1) is 29.3. The zero-order chi connectivity index (χ0) is 29.4. The van der Waals surface area contributed by atoms with Gasteiger partial charge in [-0.3, -0.25) is 4.79 Å². The van der Waals surface area contributed by atoms with Crippen LogP contribution in [0.4, 0.5) is 4.79 Å². The number of rotatable bonds is 12. The first-order valence-electron chi connectivity index (χ1n) is 13.2. The molecule has 3 aromatic carbocycles. The van der Waals surface area contributed by atoms with Crippen molar-refractivity contribution >= 4 is 18.0 Å². The van der Waals surface area contributed by atoms with Crippen LogP contribution in [-0.2, 0) is 6.54 Å². The standard InChI is InChI=1S/C31H34N2O8/c1-32-31(35)40-23-9-6-8-20(14-23)19-33(2)12-7-13-39-22-10-11-24-25(18-22)41-26(29(24)34)15-21-16-27(36-3)30(38-5)28(17-21)37-4/h6,8-11,14-18H,7,12-13,19H2,1-5H3,(H,32,35)/p+1. The minimum atomic E-state index is -0.493. The van der Waals surface area contributed by atoms with Gasteiger partial charge in [-0.1, -0.05) is 12.1 Å². The van der Waals surface area contributed by atoms with Gasteiger partial charge in [0.05, 0.1) is 47.1 Å². The molecule has 3 aromatic rings. The topological polar surface area (TPSA) is 106 Å². The fraction of sp³-hybridized carbons (Fsp3) is 0.290. The molecule has 1 unspecified atom stereocenters. The quantitative estimate of drug-likeness (QED) is 0.255. The van der Waals surface area contributed by atoms with E-state index in [0.29, 0.717) is 52.2 Å². The number of carbonyl (C=O) groups is 2. The van der Waals surface area contributed by atoms with Gasteiger partial charge in [-0.05, 0) is 48.0 Å². The third kappa shape index (κ3) is 7.29. The summed E-state index contributed by atoms with van der Waals surface area (Å²) < 4.78 is 33.2. The molecule has 0 saturated carbocycles. The number of allylic oxidation sites excluding steroid dienone is 1. The Hall–Kier alpha value is -4.70. The van der Waals surface area contributed by atoms with Crippen molar-refractivity contribution in [3.63, 3.8) is 0 Å². The van der Waals surface area contributed by atoms with Gasteiger partial charge in [0.25, 0.3) is 0 Å². The molecule has 10 nitrogen and oxygen atoms in total. The zero-order valence-electron chi connectivity index (χ0n) is 23.9. The molecule has 1 aliphatic heterocycles. The highest BCUT2D eigenvalue weighted by atomic mass is 16.6. The molecule has 2 N–H and O–H groups in total. The van der Waals surface area contributed by atoms with E-state index in [0.717, 1.165) is 25.1 Å². The number of carbonyl (C=O) groups excluding carboxylic acids is 2. The Morgan fingerprint density at radius 3 is 2.41 bits per heavy atom. The lowest BCUT2D eigenvalue weighted by molar-refractivity contribution is -0.894. The van der Waals surface area contributed by atoms with Gasteiger partial charge >= 0.3 is 6.09 Å². The maximum Gasteiger partial charge on any atom is 0.412 e. The number of quaternary nitrogens is 1. The molecule has 0 aliphatic carbocycles. The van der Waals surface area contributed by atoms with Crippen LogP contribution in [0.3, 0.4) is 0 Å². The Bertz CT molecular complexity index is 1410. The van der Waals surface area contributed by atoms with E-state index in [4.69, 9.17) is 28.4 Å². The fourth-order valence-electron chi connectivity index (χ4n) is 4.47. The van der Waals surface area contributed by atoms with Crippen LogP contribution in [0.25, 0.3) is 6.08 Å². The Morgan fingerprint density at radius 2 is 1.73 bits per heavy atom. The van der Waals surface area contributed by atoms with Crippen LogP contribution in [-0.4, -0.2) is 60.5 Å². The second-order valence-electron chi connectivity index (χ2n) is 9.43. The Labute approximate surface area is 239 Å². The van der Waals surface area contributed by atoms with Crippen LogP contribution in [0.15, 0.2) is 60.4 Å². The third-order valence-electron chi connectivity index (χ3n) is 6.46. The van der Waals surface area contributed by atoms with E-state index < -0.39 is 6.09 Å². The van der Waals surface area contributed by atoms with Gasteiger partial charge in [0.1, 0.15) is 23.8 Å². The number of nitrogens with one attached hydrogen (secondary N) is 2. The average Bonchev–Trinajstić information content (AvgIpc) is 3.28. The highest BCUT2D eigenvalue weighted by Crippen LogP contribution is 2.40. The molecule has 10 heteroatoms. The van der Waals surface area contributed by atoms with Gasteiger partial charge in [0, 0.05) is 25.1 Å². The molecule has 0 bridgehead atoms. The van der Waals surface area contributed by atoms with Gasteiger partial charge in [-0.15, -0.1) is 0 Å². The predicted molar refractivity (Wildman–Crippen MR) is 153 cm³/mol. The molecule has 0 aromatic heterocycles. The Morgan fingerprint density at radius 1 is 0.976 bits per heavy atom. The monoisotopic (exact) mass is 563 g/mol. The largest absolute Gasteiger partial charge is 0.493 e. The Balaban J connectivity index is 1.31.